The lowest BCUT2D eigenvalue weighted by Gasteiger charge is -2.34. The van der Waals surface area contributed by atoms with Crippen molar-refractivity contribution in [1.82, 2.24) is 5.32 Å². The second-order valence-corrected chi connectivity index (χ2v) is 10.5. The van der Waals surface area contributed by atoms with Crippen LogP contribution in [0.5, 0.6) is 5.75 Å². The number of fused-ring (bicyclic) bond motifs is 1. The molecule has 4 rings (SSSR count). The predicted octanol–water partition coefficient (Wildman–Crippen LogP) is 4.46. The molecule has 3 aromatic carbocycles. The maximum atomic E-state index is 13.5. The first-order valence-electron chi connectivity index (χ1n) is 11.5. The van der Waals surface area contributed by atoms with Crippen LogP contribution in [0.2, 0.25) is 5.02 Å². The van der Waals surface area contributed by atoms with Crippen molar-refractivity contribution >= 4 is 44.8 Å². The highest BCUT2D eigenvalue weighted by Gasteiger charge is 2.37. The summed E-state index contributed by atoms with van der Waals surface area (Å²) in [6.45, 7) is 2.30. The molecular formula is C26H26ClN3O5S. The highest BCUT2D eigenvalue weighted by Crippen LogP contribution is 2.37. The summed E-state index contributed by atoms with van der Waals surface area (Å²) < 4.78 is 34.0. The fourth-order valence-electron chi connectivity index (χ4n) is 3.78. The van der Waals surface area contributed by atoms with Crippen molar-refractivity contribution in [2.75, 3.05) is 22.7 Å². The first-order chi connectivity index (χ1) is 17.3. The van der Waals surface area contributed by atoms with Gasteiger partial charge in [-0.05, 0) is 55.0 Å². The van der Waals surface area contributed by atoms with Gasteiger partial charge in [0.2, 0.25) is 0 Å². The molecule has 0 spiro atoms. The van der Waals surface area contributed by atoms with E-state index in [9.17, 15) is 18.0 Å². The molecule has 8 nitrogen and oxygen atoms in total. The van der Waals surface area contributed by atoms with E-state index in [-0.39, 0.29) is 23.1 Å². The summed E-state index contributed by atoms with van der Waals surface area (Å²) >= 11 is 5.93. The Morgan fingerprint density at radius 2 is 1.72 bits per heavy atom. The Bertz CT molecular complexity index is 1360. The second-order valence-electron chi connectivity index (χ2n) is 8.21. The van der Waals surface area contributed by atoms with Gasteiger partial charge in [0.25, 0.3) is 21.8 Å². The van der Waals surface area contributed by atoms with Gasteiger partial charge in [-0.15, -0.1) is 0 Å². The Morgan fingerprint density at radius 3 is 2.47 bits per heavy atom. The summed E-state index contributed by atoms with van der Waals surface area (Å²) in [6.07, 6.45) is 0.625. The number of carbonyl (C=O) groups excluding carboxylic acids is 2. The molecule has 1 heterocycles. The van der Waals surface area contributed by atoms with Gasteiger partial charge in [-0.25, -0.2) is 8.42 Å². The lowest BCUT2D eigenvalue weighted by atomic mass is 10.1. The van der Waals surface area contributed by atoms with Gasteiger partial charge in [-0.2, -0.15) is 0 Å². The molecule has 0 fully saturated rings. The Balaban J connectivity index is 1.60. The lowest BCUT2D eigenvalue weighted by molar-refractivity contribution is -0.122. The van der Waals surface area contributed by atoms with Crippen LogP contribution in [-0.2, 0) is 14.8 Å². The predicted molar refractivity (Wildman–Crippen MR) is 139 cm³/mol. The minimum atomic E-state index is -4.02. The quantitative estimate of drug-likeness (QED) is 0.421. The summed E-state index contributed by atoms with van der Waals surface area (Å²) in [7, 11) is -4.02. The van der Waals surface area contributed by atoms with Gasteiger partial charge in [0, 0.05) is 11.6 Å². The zero-order chi connectivity index (χ0) is 25.7. The van der Waals surface area contributed by atoms with Crippen LogP contribution in [0.1, 0.15) is 30.1 Å². The van der Waals surface area contributed by atoms with E-state index in [0.29, 0.717) is 28.5 Å². The van der Waals surface area contributed by atoms with Crippen LogP contribution in [0.3, 0.4) is 0 Å². The van der Waals surface area contributed by atoms with Gasteiger partial charge < -0.3 is 15.4 Å². The van der Waals surface area contributed by atoms with Gasteiger partial charge in [0.05, 0.1) is 28.4 Å². The normalized spacial score (nSPS) is 14.9. The van der Waals surface area contributed by atoms with Crippen molar-refractivity contribution in [2.45, 2.75) is 30.8 Å². The van der Waals surface area contributed by atoms with Crippen molar-refractivity contribution in [3.8, 4) is 5.75 Å². The monoisotopic (exact) mass is 527 g/mol. The van der Waals surface area contributed by atoms with Crippen LogP contribution in [0.4, 0.5) is 11.4 Å². The minimum Gasteiger partial charge on any atom is -0.476 e. The van der Waals surface area contributed by atoms with Gasteiger partial charge >= 0.3 is 0 Å². The van der Waals surface area contributed by atoms with Crippen LogP contribution in [0.25, 0.3) is 0 Å². The maximum absolute atomic E-state index is 13.5. The smallest absolute Gasteiger partial charge is 0.267 e. The average Bonchev–Trinajstić information content (AvgIpc) is 2.88. The molecule has 36 heavy (non-hydrogen) atoms. The van der Waals surface area contributed by atoms with Crippen LogP contribution in [0, 0.1) is 0 Å². The highest BCUT2D eigenvalue weighted by molar-refractivity contribution is 7.92. The number of nitrogens with zero attached hydrogens (tertiary/aromatic N) is 1. The zero-order valence-corrected chi connectivity index (χ0v) is 21.2. The number of benzene rings is 3. The molecule has 1 aliphatic rings. The Hall–Kier alpha value is -3.56. The number of hydrogen-bond donors (Lipinski definition) is 2. The first kappa shape index (κ1) is 25.5. The van der Waals surface area contributed by atoms with E-state index in [1.807, 2.05) is 6.92 Å². The lowest BCUT2D eigenvalue weighted by Crippen LogP contribution is -2.49. The molecule has 1 aliphatic heterocycles. The molecule has 0 saturated heterocycles. The molecule has 188 valence electrons. The zero-order valence-electron chi connectivity index (χ0n) is 19.6. The molecule has 0 aromatic heterocycles. The summed E-state index contributed by atoms with van der Waals surface area (Å²) in [5.41, 5.74) is 0.946. The SMILES string of the molecule is CCCCNC(=O)c1ccccc1NC(=O)C1CN(S(=O)(=O)c2ccc(Cl)cc2)c2ccccc2O1. The summed E-state index contributed by atoms with van der Waals surface area (Å²) in [5.74, 6) is -0.622. The Morgan fingerprint density at radius 1 is 1.03 bits per heavy atom. The number of unbranched alkanes of at least 4 members (excludes halogenated alkanes) is 1. The standard InChI is InChI=1S/C26H26ClN3O5S/c1-2-3-16-28-25(31)20-8-4-5-9-21(20)29-26(32)24-17-30(22-10-6-7-11-23(22)35-24)36(33,34)19-14-12-18(27)13-15-19/h4-15,24H,2-3,16-17H2,1H3,(H,28,31)(H,29,32). The van der Waals surface area contributed by atoms with Crippen LogP contribution in [-0.4, -0.2) is 39.4 Å². The third-order valence-corrected chi connectivity index (χ3v) is 7.72. The summed E-state index contributed by atoms with van der Waals surface area (Å²) in [5, 5.41) is 5.98. The second kappa shape index (κ2) is 11.0. The first-order valence-corrected chi connectivity index (χ1v) is 13.3. The molecule has 2 N–H and O–H groups in total. The van der Waals surface area contributed by atoms with E-state index in [1.54, 1.807) is 48.5 Å². The van der Waals surface area contributed by atoms with Gasteiger partial charge in [0.1, 0.15) is 5.75 Å². The van der Waals surface area contributed by atoms with Crippen molar-refractivity contribution in [3.63, 3.8) is 0 Å². The topological polar surface area (TPSA) is 105 Å². The molecule has 3 aromatic rings. The van der Waals surface area contributed by atoms with E-state index in [4.69, 9.17) is 16.3 Å². The van der Waals surface area contributed by atoms with E-state index >= 15 is 0 Å². The molecule has 0 radical (unpaired) electrons. The number of hydrogen-bond acceptors (Lipinski definition) is 5. The van der Waals surface area contributed by atoms with Crippen molar-refractivity contribution in [2.24, 2.45) is 0 Å². The van der Waals surface area contributed by atoms with E-state index < -0.39 is 22.0 Å². The number of rotatable bonds is 8. The number of nitrogens with one attached hydrogen (secondary N) is 2. The summed E-state index contributed by atoms with van der Waals surface area (Å²) in [4.78, 5) is 25.9. The third kappa shape index (κ3) is 5.47. The van der Waals surface area contributed by atoms with Crippen molar-refractivity contribution in [3.05, 3.63) is 83.4 Å². The highest BCUT2D eigenvalue weighted by atomic mass is 35.5. The van der Waals surface area contributed by atoms with Gasteiger partial charge in [-0.3, -0.25) is 13.9 Å². The van der Waals surface area contributed by atoms with E-state index in [2.05, 4.69) is 10.6 Å². The third-order valence-electron chi connectivity index (χ3n) is 5.67. The number of para-hydroxylation sites is 3. The number of anilines is 2. The fraction of sp³-hybridized carbons (Fsp3) is 0.231. The van der Waals surface area contributed by atoms with Gasteiger partial charge in [0.15, 0.2) is 6.10 Å². The minimum absolute atomic E-state index is 0.0388. The van der Waals surface area contributed by atoms with Crippen LogP contribution in [0.15, 0.2) is 77.7 Å². The molecule has 0 saturated carbocycles. The maximum Gasteiger partial charge on any atom is 0.267 e. The average molecular weight is 528 g/mol. The number of halogens is 1. The number of carbonyl (C=O) groups is 2. The molecule has 0 aliphatic carbocycles. The van der Waals surface area contributed by atoms with Crippen LogP contribution >= 0.6 is 11.6 Å². The molecule has 1 unspecified atom stereocenters. The molecule has 2 amide bonds. The molecule has 1 atom stereocenters. The molecule has 10 heteroatoms. The fourth-order valence-corrected chi connectivity index (χ4v) is 5.38. The Kier molecular flexibility index (Phi) is 7.81. The van der Waals surface area contributed by atoms with Gasteiger partial charge in [-0.1, -0.05) is 49.2 Å². The van der Waals surface area contributed by atoms with Crippen molar-refractivity contribution < 1.29 is 22.7 Å². The Labute approximate surface area is 215 Å². The van der Waals surface area contributed by atoms with Crippen LogP contribution < -0.4 is 19.7 Å². The van der Waals surface area contributed by atoms with E-state index in [1.165, 1.54) is 24.3 Å². The largest absolute Gasteiger partial charge is 0.476 e. The van der Waals surface area contributed by atoms with Crippen molar-refractivity contribution in [1.29, 1.82) is 0 Å². The molecule has 0 bridgehead atoms. The molecular weight excluding hydrogens is 502 g/mol. The van der Waals surface area contributed by atoms with E-state index in [0.717, 1.165) is 17.1 Å². The number of amides is 2. The number of sulfonamides is 1. The summed E-state index contributed by atoms with van der Waals surface area (Å²) in [6, 6.07) is 19.1. The number of ether oxygens (including phenoxy) is 1.